The Morgan fingerprint density at radius 2 is 1.80 bits per heavy atom. The third kappa shape index (κ3) is 5.31. The number of aromatic nitrogens is 2. The van der Waals surface area contributed by atoms with Gasteiger partial charge in [-0.15, -0.1) is 0 Å². The van der Waals surface area contributed by atoms with Crippen LogP contribution in [0.3, 0.4) is 0 Å². The number of nitrogens with zero attached hydrogens (tertiary/aromatic N) is 3. The van der Waals surface area contributed by atoms with Crippen LogP contribution >= 0.6 is 11.6 Å². The van der Waals surface area contributed by atoms with Gasteiger partial charge in [-0.3, -0.25) is 10.2 Å². The Balaban J connectivity index is 1.58. The van der Waals surface area contributed by atoms with Crippen molar-refractivity contribution < 1.29 is 4.79 Å². The average Bonchev–Trinajstić information content (AvgIpc) is 3.10. The minimum absolute atomic E-state index is 0.0705. The normalized spacial score (nSPS) is 18.7. The van der Waals surface area contributed by atoms with Crippen LogP contribution in [0.1, 0.15) is 82.9 Å². The van der Waals surface area contributed by atoms with Crippen molar-refractivity contribution in [2.45, 2.75) is 71.1 Å². The maximum atomic E-state index is 13.5. The van der Waals surface area contributed by atoms with Gasteiger partial charge in [-0.1, -0.05) is 54.3 Å². The van der Waals surface area contributed by atoms with Gasteiger partial charge in [-0.05, 0) is 81.7 Å². The topological polar surface area (TPSA) is 50.2 Å². The van der Waals surface area contributed by atoms with Gasteiger partial charge in [0.15, 0.2) is 5.69 Å². The number of carbonyl (C=O) groups excluding carboxylic acids is 1. The second-order valence-electron chi connectivity index (χ2n) is 10.2. The fraction of sp³-hybridized carbons (Fsp3) is 0.448. The molecule has 1 atom stereocenters. The zero-order valence-electron chi connectivity index (χ0n) is 20.8. The molecule has 5 rings (SSSR count). The lowest BCUT2D eigenvalue weighted by atomic mass is 9.90. The Morgan fingerprint density at radius 3 is 2.54 bits per heavy atom. The fourth-order valence-electron chi connectivity index (χ4n) is 5.67. The molecular formula is C29H35ClN4O. The van der Waals surface area contributed by atoms with Crippen LogP contribution < -0.4 is 5.43 Å². The van der Waals surface area contributed by atoms with Crippen LogP contribution in [0.25, 0.3) is 5.69 Å². The SMILES string of the molecule is Cc1ccc(-n2nc(C(=O)NN3CCCCC3)c3c2C(Cc2ccc(Cl)cc2)CCCC3)c(C)c1. The molecule has 0 spiro atoms. The molecule has 1 aromatic heterocycles. The highest BCUT2D eigenvalue weighted by Gasteiger charge is 2.31. The molecule has 1 amide bonds. The van der Waals surface area contributed by atoms with Crippen molar-refractivity contribution in [3.63, 3.8) is 0 Å². The fourth-order valence-corrected chi connectivity index (χ4v) is 5.80. The molecule has 1 N–H and O–H groups in total. The first-order chi connectivity index (χ1) is 17.0. The van der Waals surface area contributed by atoms with E-state index in [0.717, 1.165) is 74.3 Å². The molecule has 5 nitrogen and oxygen atoms in total. The lowest BCUT2D eigenvalue weighted by molar-refractivity contribution is 0.0743. The second kappa shape index (κ2) is 10.5. The number of hydrazine groups is 1. The molecule has 2 aromatic carbocycles. The summed E-state index contributed by atoms with van der Waals surface area (Å²) in [4.78, 5) is 13.5. The van der Waals surface area contributed by atoms with E-state index in [9.17, 15) is 4.79 Å². The summed E-state index contributed by atoms with van der Waals surface area (Å²) in [6.07, 6.45) is 8.58. The van der Waals surface area contributed by atoms with Crippen LogP contribution in [-0.2, 0) is 12.8 Å². The van der Waals surface area contributed by atoms with Gasteiger partial charge < -0.3 is 0 Å². The minimum Gasteiger partial charge on any atom is -0.283 e. The van der Waals surface area contributed by atoms with Crippen molar-refractivity contribution in [2.24, 2.45) is 0 Å². The van der Waals surface area contributed by atoms with Gasteiger partial charge in [-0.25, -0.2) is 9.69 Å². The van der Waals surface area contributed by atoms with E-state index in [0.29, 0.717) is 11.6 Å². The largest absolute Gasteiger partial charge is 0.286 e. The highest BCUT2D eigenvalue weighted by atomic mass is 35.5. The summed E-state index contributed by atoms with van der Waals surface area (Å²) in [5, 5.41) is 7.84. The number of aryl methyl sites for hydroxylation is 2. The van der Waals surface area contributed by atoms with E-state index >= 15 is 0 Å². The highest BCUT2D eigenvalue weighted by molar-refractivity contribution is 6.30. The first-order valence-corrected chi connectivity index (χ1v) is 13.4. The van der Waals surface area contributed by atoms with Gasteiger partial charge in [0.05, 0.1) is 11.4 Å². The summed E-state index contributed by atoms with van der Waals surface area (Å²) >= 11 is 6.15. The molecule has 1 unspecified atom stereocenters. The number of halogens is 1. The number of nitrogens with one attached hydrogen (secondary N) is 1. The predicted octanol–water partition coefficient (Wildman–Crippen LogP) is 6.33. The van der Waals surface area contributed by atoms with Gasteiger partial charge in [0, 0.05) is 29.6 Å². The average molecular weight is 491 g/mol. The first kappa shape index (κ1) is 24.1. The predicted molar refractivity (Wildman–Crippen MR) is 141 cm³/mol. The van der Waals surface area contributed by atoms with Crippen LogP contribution in [-0.4, -0.2) is 33.8 Å². The molecule has 0 saturated carbocycles. The van der Waals surface area contributed by atoms with E-state index in [-0.39, 0.29) is 5.91 Å². The quantitative estimate of drug-likeness (QED) is 0.425. The summed E-state index contributed by atoms with van der Waals surface area (Å²) in [6, 6.07) is 14.6. The maximum absolute atomic E-state index is 13.5. The first-order valence-electron chi connectivity index (χ1n) is 13.0. The van der Waals surface area contributed by atoms with Crippen molar-refractivity contribution >= 4 is 17.5 Å². The molecule has 0 bridgehead atoms. The number of carbonyl (C=O) groups is 1. The molecule has 3 aromatic rings. The van der Waals surface area contributed by atoms with Gasteiger partial charge >= 0.3 is 0 Å². The number of hydrogen-bond acceptors (Lipinski definition) is 3. The molecule has 184 valence electrons. The van der Waals surface area contributed by atoms with Crippen molar-refractivity contribution in [3.8, 4) is 5.69 Å². The van der Waals surface area contributed by atoms with Crippen LogP contribution in [0, 0.1) is 13.8 Å². The summed E-state index contributed by atoms with van der Waals surface area (Å²) < 4.78 is 2.08. The highest BCUT2D eigenvalue weighted by Crippen LogP contribution is 2.37. The molecule has 6 heteroatoms. The van der Waals surface area contributed by atoms with E-state index in [2.05, 4.69) is 59.3 Å². The molecule has 2 aliphatic rings. The molecule has 2 heterocycles. The van der Waals surface area contributed by atoms with E-state index in [4.69, 9.17) is 16.7 Å². The Bertz CT molecular complexity index is 1190. The lowest BCUT2D eigenvalue weighted by Crippen LogP contribution is -2.45. The number of piperidine rings is 1. The molecule has 35 heavy (non-hydrogen) atoms. The van der Waals surface area contributed by atoms with E-state index in [1.807, 2.05) is 12.1 Å². The Labute approximate surface area is 213 Å². The molecule has 1 aliphatic heterocycles. The van der Waals surface area contributed by atoms with E-state index < -0.39 is 0 Å². The molecular weight excluding hydrogens is 456 g/mol. The van der Waals surface area contributed by atoms with Gasteiger partial charge in [0.2, 0.25) is 0 Å². The van der Waals surface area contributed by atoms with Crippen LogP contribution in [0.2, 0.25) is 5.02 Å². The number of benzene rings is 2. The number of fused-ring (bicyclic) bond motifs is 1. The molecule has 0 radical (unpaired) electrons. The summed E-state index contributed by atoms with van der Waals surface area (Å²) in [5.74, 6) is 0.220. The van der Waals surface area contributed by atoms with Crippen molar-refractivity contribution in [1.29, 1.82) is 0 Å². The van der Waals surface area contributed by atoms with Crippen LogP contribution in [0.15, 0.2) is 42.5 Å². The zero-order chi connectivity index (χ0) is 24.4. The van der Waals surface area contributed by atoms with Gasteiger partial charge in [-0.2, -0.15) is 5.10 Å². The molecule has 1 aliphatic carbocycles. The number of hydrogen-bond donors (Lipinski definition) is 1. The molecule has 1 saturated heterocycles. The van der Waals surface area contributed by atoms with Gasteiger partial charge in [0.1, 0.15) is 0 Å². The van der Waals surface area contributed by atoms with Crippen molar-refractivity contribution in [3.05, 3.63) is 81.1 Å². The maximum Gasteiger partial charge on any atom is 0.286 e. The Kier molecular flexibility index (Phi) is 7.26. The Morgan fingerprint density at radius 1 is 1.03 bits per heavy atom. The monoisotopic (exact) mass is 490 g/mol. The van der Waals surface area contributed by atoms with Crippen molar-refractivity contribution in [1.82, 2.24) is 20.2 Å². The van der Waals surface area contributed by atoms with Crippen LogP contribution in [0.4, 0.5) is 0 Å². The van der Waals surface area contributed by atoms with E-state index in [1.165, 1.54) is 28.8 Å². The second-order valence-corrected chi connectivity index (χ2v) is 10.6. The Hall–Kier alpha value is -2.63. The summed E-state index contributed by atoms with van der Waals surface area (Å²) in [6.45, 7) is 6.06. The molecule has 1 fully saturated rings. The zero-order valence-corrected chi connectivity index (χ0v) is 21.6. The summed E-state index contributed by atoms with van der Waals surface area (Å²) in [5.41, 5.74) is 10.8. The minimum atomic E-state index is -0.0705. The van der Waals surface area contributed by atoms with Crippen molar-refractivity contribution in [2.75, 3.05) is 13.1 Å². The lowest BCUT2D eigenvalue weighted by Gasteiger charge is -2.26. The summed E-state index contributed by atoms with van der Waals surface area (Å²) in [7, 11) is 0. The van der Waals surface area contributed by atoms with Gasteiger partial charge in [0.25, 0.3) is 5.91 Å². The third-order valence-electron chi connectivity index (χ3n) is 7.45. The number of rotatable bonds is 5. The number of amides is 1. The smallest absolute Gasteiger partial charge is 0.283 e. The standard InChI is InChI=1S/C29H35ClN4O/c1-20-10-15-26(21(2)18-20)34-28-23(19-22-11-13-24(30)14-12-22)8-4-5-9-25(28)27(31-34)29(35)32-33-16-6-3-7-17-33/h10-15,18,23H,3-9,16-17,19H2,1-2H3,(H,32,35). The third-order valence-corrected chi connectivity index (χ3v) is 7.70. The van der Waals surface area contributed by atoms with Crippen LogP contribution in [0.5, 0.6) is 0 Å². The van der Waals surface area contributed by atoms with E-state index in [1.54, 1.807) is 0 Å².